The maximum Gasteiger partial charge on any atom is 0.326 e. The molecular weight excluding hydrogens is 468 g/mol. The number of para-hydroxylation sites is 1. The molecule has 36 heavy (non-hydrogen) atoms. The van der Waals surface area contributed by atoms with Crippen LogP contribution in [-0.2, 0) is 30.4 Å². The lowest BCUT2D eigenvalue weighted by molar-refractivity contribution is -0.142. The second-order valence-electron chi connectivity index (χ2n) is 8.98. The number of aromatic amines is 1. The van der Waals surface area contributed by atoms with Crippen molar-refractivity contribution in [1.82, 2.24) is 20.9 Å². The van der Waals surface area contributed by atoms with Crippen LogP contribution in [0.2, 0.25) is 0 Å². The lowest BCUT2D eigenvalue weighted by Gasteiger charge is -2.25. The minimum atomic E-state index is -1.38. The average Bonchev–Trinajstić information content (AvgIpc) is 3.22. The molecule has 0 fully saturated rings. The van der Waals surface area contributed by atoms with E-state index in [2.05, 4.69) is 20.9 Å². The molecule has 0 aliphatic rings. The van der Waals surface area contributed by atoms with Crippen molar-refractivity contribution in [2.24, 2.45) is 17.4 Å². The van der Waals surface area contributed by atoms with Gasteiger partial charge in [-0.25, -0.2) is 4.79 Å². The van der Waals surface area contributed by atoms with Gasteiger partial charge in [0.05, 0.1) is 6.54 Å². The topological polar surface area (TPSA) is 209 Å². The van der Waals surface area contributed by atoms with Gasteiger partial charge in [0.2, 0.25) is 23.6 Å². The van der Waals surface area contributed by atoms with E-state index in [1.807, 2.05) is 38.1 Å². The Labute approximate surface area is 208 Å². The number of hydrogen-bond donors (Lipinski definition) is 7. The molecule has 12 heteroatoms. The summed E-state index contributed by atoms with van der Waals surface area (Å²) in [5.41, 5.74) is 12.0. The molecule has 196 valence electrons. The van der Waals surface area contributed by atoms with Crippen molar-refractivity contribution in [3.63, 3.8) is 0 Å². The summed E-state index contributed by atoms with van der Waals surface area (Å²) in [6.45, 7) is 3.45. The summed E-state index contributed by atoms with van der Waals surface area (Å²) in [6, 6.07) is 3.91. The monoisotopic (exact) mass is 502 g/mol. The number of carbonyl (C=O) groups is 5. The van der Waals surface area contributed by atoms with Gasteiger partial charge in [-0.05, 0) is 30.4 Å². The fraction of sp³-hybridized carbons (Fsp3) is 0.458. The molecule has 3 atom stereocenters. The van der Waals surface area contributed by atoms with Gasteiger partial charge in [-0.15, -0.1) is 0 Å². The van der Waals surface area contributed by atoms with Gasteiger partial charge in [0, 0.05) is 29.9 Å². The van der Waals surface area contributed by atoms with E-state index in [4.69, 9.17) is 11.5 Å². The summed E-state index contributed by atoms with van der Waals surface area (Å²) in [6.07, 6.45) is 1.62. The van der Waals surface area contributed by atoms with E-state index < -0.39 is 47.7 Å². The Morgan fingerprint density at radius 2 is 1.61 bits per heavy atom. The van der Waals surface area contributed by atoms with Crippen LogP contribution in [-0.4, -0.2) is 64.4 Å². The number of benzene rings is 1. The van der Waals surface area contributed by atoms with Crippen LogP contribution in [0.3, 0.4) is 0 Å². The number of H-pyrrole nitrogens is 1. The van der Waals surface area contributed by atoms with E-state index in [-0.39, 0.29) is 31.7 Å². The zero-order chi connectivity index (χ0) is 26.8. The highest BCUT2D eigenvalue weighted by Gasteiger charge is 2.30. The van der Waals surface area contributed by atoms with Gasteiger partial charge in [0.15, 0.2) is 0 Å². The average molecular weight is 503 g/mol. The third kappa shape index (κ3) is 8.38. The first kappa shape index (κ1) is 28.3. The Kier molecular flexibility index (Phi) is 10.4. The van der Waals surface area contributed by atoms with Crippen LogP contribution in [0.15, 0.2) is 30.5 Å². The van der Waals surface area contributed by atoms with Crippen molar-refractivity contribution in [2.75, 3.05) is 6.54 Å². The van der Waals surface area contributed by atoms with Gasteiger partial charge in [-0.1, -0.05) is 32.0 Å². The third-order valence-corrected chi connectivity index (χ3v) is 5.57. The Morgan fingerprint density at radius 1 is 0.972 bits per heavy atom. The highest BCUT2D eigenvalue weighted by Crippen LogP contribution is 2.19. The third-order valence-electron chi connectivity index (χ3n) is 5.57. The van der Waals surface area contributed by atoms with Gasteiger partial charge in [-0.3, -0.25) is 19.2 Å². The molecule has 2 aromatic rings. The minimum Gasteiger partial charge on any atom is -0.480 e. The largest absolute Gasteiger partial charge is 0.480 e. The minimum absolute atomic E-state index is 0.0446. The predicted molar refractivity (Wildman–Crippen MR) is 132 cm³/mol. The van der Waals surface area contributed by atoms with Crippen LogP contribution in [0.1, 0.15) is 38.7 Å². The molecule has 12 nitrogen and oxygen atoms in total. The zero-order valence-corrected chi connectivity index (χ0v) is 20.4. The van der Waals surface area contributed by atoms with Crippen LogP contribution in [0.4, 0.5) is 0 Å². The number of amides is 4. The first-order chi connectivity index (χ1) is 17.0. The normalized spacial score (nSPS) is 13.6. The van der Waals surface area contributed by atoms with E-state index in [1.54, 1.807) is 6.20 Å². The maximum atomic E-state index is 13.2. The number of carboxylic acid groups (broad SMARTS) is 1. The van der Waals surface area contributed by atoms with Crippen molar-refractivity contribution in [3.05, 3.63) is 36.0 Å². The SMILES string of the molecule is CC(C)CC(NC(=O)CN)C(=O)NC(Cc1c[nH]c2ccccc12)C(=O)NC(CCC(N)=O)C(=O)O. The number of aromatic nitrogens is 1. The van der Waals surface area contributed by atoms with Gasteiger partial charge < -0.3 is 37.5 Å². The molecule has 1 heterocycles. The fourth-order valence-electron chi connectivity index (χ4n) is 3.77. The molecular formula is C24H34N6O6. The first-order valence-electron chi connectivity index (χ1n) is 11.7. The number of nitrogens with one attached hydrogen (secondary N) is 4. The number of primary amides is 1. The number of fused-ring (bicyclic) bond motifs is 1. The Morgan fingerprint density at radius 3 is 2.22 bits per heavy atom. The Bertz CT molecular complexity index is 1100. The van der Waals surface area contributed by atoms with Gasteiger partial charge in [0.25, 0.3) is 0 Å². The Hall–Kier alpha value is -3.93. The molecule has 1 aromatic heterocycles. The number of carbonyl (C=O) groups excluding carboxylic acids is 4. The lowest BCUT2D eigenvalue weighted by atomic mass is 10.0. The number of aliphatic carboxylic acids is 1. The smallest absolute Gasteiger partial charge is 0.326 e. The van der Waals surface area contributed by atoms with Crippen LogP contribution in [0.25, 0.3) is 10.9 Å². The van der Waals surface area contributed by atoms with Crippen molar-refractivity contribution in [3.8, 4) is 0 Å². The molecule has 0 radical (unpaired) electrons. The number of rotatable bonds is 14. The van der Waals surface area contributed by atoms with Crippen LogP contribution in [0, 0.1) is 5.92 Å². The van der Waals surface area contributed by atoms with Crippen LogP contribution < -0.4 is 27.4 Å². The molecule has 0 bridgehead atoms. The van der Waals surface area contributed by atoms with Crippen molar-refractivity contribution < 1.29 is 29.1 Å². The molecule has 1 aromatic carbocycles. The van der Waals surface area contributed by atoms with Gasteiger partial charge in [0.1, 0.15) is 18.1 Å². The van der Waals surface area contributed by atoms with E-state index in [9.17, 15) is 29.1 Å². The highest BCUT2D eigenvalue weighted by atomic mass is 16.4. The molecule has 9 N–H and O–H groups in total. The quantitative estimate of drug-likeness (QED) is 0.180. The van der Waals surface area contributed by atoms with Crippen LogP contribution in [0.5, 0.6) is 0 Å². The van der Waals surface area contributed by atoms with E-state index in [0.717, 1.165) is 16.5 Å². The molecule has 0 aliphatic carbocycles. The Balaban J connectivity index is 2.31. The number of hydrogen-bond acceptors (Lipinski definition) is 6. The second kappa shape index (κ2) is 13.2. The first-order valence-corrected chi connectivity index (χ1v) is 11.7. The molecule has 0 saturated heterocycles. The van der Waals surface area contributed by atoms with Crippen molar-refractivity contribution >= 4 is 40.5 Å². The number of nitrogens with two attached hydrogens (primary N) is 2. The molecule has 0 spiro atoms. The molecule has 0 aliphatic heterocycles. The molecule has 4 amide bonds. The lowest BCUT2D eigenvalue weighted by Crippen LogP contribution is -2.57. The molecule has 3 unspecified atom stereocenters. The second-order valence-corrected chi connectivity index (χ2v) is 8.98. The van der Waals surface area contributed by atoms with Crippen molar-refractivity contribution in [2.45, 2.75) is 57.7 Å². The maximum absolute atomic E-state index is 13.2. The summed E-state index contributed by atoms with van der Waals surface area (Å²) < 4.78 is 0. The summed E-state index contributed by atoms with van der Waals surface area (Å²) in [7, 11) is 0. The molecule has 2 rings (SSSR count). The summed E-state index contributed by atoms with van der Waals surface area (Å²) in [4.78, 5) is 64.1. The fourth-order valence-corrected chi connectivity index (χ4v) is 3.77. The molecule has 0 saturated carbocycles. The van der Waals surface area contributed by atoms with Crippen LogP contribution >= 0.6 is 0 Å². The zero-order valence-electron chi connectivity index (χ0n) is 20.4. The van der Waals surface area contributed by atoms with E-state index >= 15 is 0 Å². The standard InChI is InChI=1S/C24H34N6O6/c1-13(2)9-18(28-21(32)11-25)22(33)30-19(10-14-12-27-16-6-4-3-5-15(14)16)23(34)29-17(24(35)36)7-8-20(26)31/h3-6,12-13,17-19,27H,7-11,25H2,1-2H3,(H2,26,31)(H,28,32)(H,29,34)(H,30,33)(H,35,36). The van der Waals surface area contributed by atoms with Gasteiger partial charge in [-0.2, -0.15) is 0 Å². The summed E-state index contributed by atoms with van der Waals surface area (Å²) in [5, 5.41) is 17.9. The van der Waals surface area contributed by atoms with Gasteiger partial charge >= 0.3 is 5.97 Å². The summed E-state index contributed by atoms with van der Waals surface area (Å²) in [5.74, 6) is -3.87. The predicted octanol–water partition coefficient (Wildman–Crippen LogP) is -0.480. The summed E-state index contributed by atoms with van der Waals surface area (Å²) >= 11 is 0. The van der Waals surface area contributed by atoms with E-state index in [0.29, 0.717) is 6.42 Å². The highest BCUT2D eigenvalue weighted by molar-refractivity contribution is 5.94. The van der Waals surface area contributed by atoms with E-state index in [1.165, 1.54) is 0 Å². The number of carboxylic acids is 1. The van der Waals surface area contributed by atoms with Crippen molar-refractivity contribution in [1.29, 1.82) is 0 Å².